The molecule has 0 N–H and O–H groups in total. The number of rotatable bonds is 3. The molecule has 5 aromatic rings. The van der Waals surface area contributed by atoms with Crippen LogP contribution in [0, 0.1) is 5.82 Å². The minimum Gasteiger partial charge on any atom is -0.305 e. The fourth-order valence-electron chi connectivity index (χ4n) is 3.59. The summed E-state index contributed by atoms with van der Waals surface area (Å²) in [5.41, 5.74) is 3.22. The average molecular weight is 404 g/mol. The first-order chi connectivity index (χ1) is 14.1. The minimum absolute atomic E-state index is 0.191. The summed E-state index contributed by atoms with van der Waals surface area (Å²) in [7, 11) is 0. The van der Waals surface area contributed by atoms with Crippen LogP contribution < -0.4 is 5.56 Å². The Morgan fingerprint density at radius 2 is 1.59 bits per heavy atom. The van der Waals surface area contributed by atoms with Crippen molar-refractivity contribution in [1.82, 2.24) is 14.0 Å². The first-order valence-electron chi connectivity index (χ1n) is 9.12. The lowest BCUT2D eigenvalue weighted by atomic mass is 10.1. The number of hydrogen-bond acceptors (Lipinski definition) is 2. The third kappa shape index (κ3) is 3.00. The monoisotopic (exact) mass is 403 g/mol. The van der Waals surface area contributed by atoms with Crippen molar-refractivity contribution in [3.8, 4) is 11.3 Å². The van der Waals surface area contributed by atoms with E-state index >= 15 is 0 Å². The first-order valence-corrected chi connectivity index (χ1v) is 9.50. The molecule has 29 heavy (non-hydrogen) atoms. The van der Waals surface area contributed by atoms with Gasteiger partial charge in [0.15, 0.2) is 0 Å². The van der Waals surface area contributed by atoms with E-state index in [2.05, 4.69) is 0 Å². The minimum atomic E-state index is -0.292. The predicted molar refractivity (Wildman–Crippen MR) is 113 cm³/mol. The average Bonchev–Trinajstić information content (AvgIpc) is 3.04. The number of imidazole rings is 1. The Bertz CT molecular complexity index is 1420. The molecule has 142 valence electrons. The molecule has 0 aliphatic carbocycles. The van der Waals surface area contributed by atoms with Gasteiger partial charge in [-0.05, 0) is 30.3 Å². The van der Waals surface area contributed by atoms with Crippen molar-refractivity contribution in [3.63, 3.8) is 0 Å². The van der Waals surface area contributed by atoms with Gasteiger partial charge in [0.05, 0.1) is 23.3 Å². The lowest BCUT2D eigenvalue weighted by Gasteiger charge is -2.08. The van der Waals surface area contributed by atoms with Gasteiger partial charge in [0.25, 0.3) is 5.56 Å². The molecule has 0 saturated heterocycles. The fourth-order valence-corrected chi connectivity index (χ4v) is 3.71. The van der Waals surface area contributed by atoms with Gasteiger partial charge in [-0.25, -0.2) is 13.8 Å². The summed E-state index contributed by atoms with van der Waals surface area (Å²) < 4.78 is 17.8. The summed E-state index contributed by atoms with van der Waals surface area (Å²) >= 11 is 5.98. The highest BCUT2D eigenvalue weighted by Crippen LogP contribution is 2.24. The summed E-state index contributed by atoms with van der Waals surface area (Å²) in [5, 5.41) is 0.611. The zero-order valence-corrected chi connectivity index (χ0v) is 16.0. The highest BCUT2D eigenvalue weighted by atomic mass is 35.5. The van der Waals surface area contributed by atoms with Crippen LogP contribution in [0.4, 0.5) is 4.39 Å². The summed E-state index contributed by atoms with van der Waals surface area (Å²) in [6.07, 6.45) is 0. The molecule has 0 amide bonds. The summed E-state index contributed by atoms with van der Waals surface area (Å²) in [6, 6.07) is 22.8. The lowest BCUT2D eigenvalue weighted by molar-refractivity contribution is 0.603. The van der Waals surface area contributed by atoms with E-state index in [-0.39, 0.29) is 17.9 Å². The molecule has 0 fully saturated rings. The van der Waals surface area contributed by atoms with Gasteiger partial charge in [0.1, 0.15) is 5.82 Å². The summed E-state index contributed by atoms with van der Waals surface area (Å²) in [6.45, 7) is 0.264. The normalized spacial score (nSPS) is 11.4. The van der Waals surface area contributed by atoms with Gasteiger partial charge in [0.2, 0.25) is 5.78 Å². The van der Waals surface area contributed by atoms with E-state index in [9.17, 15) is 9.18 Å². The molecule has 0 aliphatic rings. The SMILES string of the molecule is O=c1cc(-c2ccc(Cl)cc2)nc2n(Cc3ccccc3F)c3ccccc3n12. The smallest absolute Gasteiger partial charge is 0.260 e. The number of aromatic nitrogens is 3. The maximum Gasteiger partial charge on any atom is 0.260 e. The van der Waals surface area contributed by atoms with Gasteiger partial charge in [-0.3, -0.25) is 4.79 Å². The summed E-state index contributed by atoms with van der Waals surface area (Å²) in [5.74, 6) is 0.173. The third-order valence-corrected chi connectivity index (χ3v) is 5.23. The molecule has 0 spiro atoms. The Morgan fingerprint density at radius 3 is 2.34 bits per heavy atom. The summed E-state index contributed by atoms with van der Waals surface area (Å²) in [4.78, 5) is 17.8. The van der Waals surface area contributed by atoms with Crippen molar-refractivity contribution in [2.75, 3.05) is 0 Å². The van der Waals surface area contributed by atoms with E-state index in [1.165, 1.54) is 12.1 Å². The van der Waals surface area contributed by atoms with E-state index in [0.717, 1.165) is 16.6 Å². The molecule has 6 heteroatoms. The van der Waals surface area contributed by atoms with Crippen LogP contribution in [0.2, 0.25) is 5.02 Å². The van der Waals surface area contributed by atoms with Gasteiger partial charge in [0, 0.05) is 22.2 Å². The second kappa shape index (κ2) is 6.87. The van der Waals surface area contributed by atoms with E-state index in [1.807, 2.05) is 41.0 Å². The molecule has 4 nitrogen and oxygen atoms in total. The molecule has 0 unspecified atom stereocenters. The van der Waals surface area contributed by atoms with Crippen LogP contribution in [0.15, 0.2) is 83.7 Å². The van der Waals surface area contributed by atoms with Crippen LogP contribution in [-0.2, 0) is 6.54 Å². The number of hydrogen-bond donors (Lipinski definition) is 0. The van der Waals surface area contributed by atoms with Crippen molar-refractivity contribution in [3.05, 3.63) is 106 Å². The Balaban J connectivity index is 1.80. The van der Waals surface area contributed by atoms with Crippen LogP contribution in [-0.4, -0.2) is 14.0 Å². The van der Waals surface area contributed by atoms with E-state index in [1.54, 1.807) is 34.7 Å². The number of nitrogens with zero attached hydrogens (tertiary/aromatic N) is 3. The number of halogens is 2. The second-order valence-corrected chi connectivity index (χ2v) is 7.22. The van der Waals surface area contributed by atoms with Crippen LogP contribution in [0.25, 0.3) is 28.1 Å². The Hall–Kier alpha value is -3.44. The van der Waals surface area contributed by atoms with E-state index < -0.39 is 0 Å². The molecule has 0 bridgehead atoms. The maximum atomic E-state index is 14.3. The molecule has 5 rings (SSSR count). The highest BCUT2D eigenvalue weighted by molar-refractivity contribution is 6.30. The van der Waals surface area contributed by atoms with E-state index in [4.69, 9.17) is 16.6 Å². The van der Waals surface area contributed by atoms with Gasteiger partial charge >= 0.3 is 0 Å². The molecule has 0 radical (unpaired) electrons. The second-order valence-electron chi connectivity index (χ2n) is 6.79. The Morgan fingerprint density at radius 1 is 0.897 bits per heavy atom. The van der Waals surface area contributed by atoms with E-state index in [0.29, 0.717) is 22.1 Å². The largest absolute Gasteiger partial charge is 0.305 e. The van der Waals surface area contributed by atoms with Crippen molar-refractivity contribution in [1.29, 1.82) is 0 Å². The van der Waals surface area contributed by atoms with Gasteiger partial charge in [-0.1, -0.05) is 54.1 Å². The van der Waals surface area contributed by atoms with Crippen LogP contribution in [0.1, 0.15) is 5.56 Å². The standard InChI is InChI=1S/C23H15ClFN3O/c24-17-11-9-15(10-12-17)19-13-22(29)28-21-8-4-3-7-20(21)27(23(28)26-19)14-16-5-1-2-6-18(16)25/h1-13H,14H2. The van der Waals surface area contributed by atoms with Crippen molar-refractivity contribution in [2.45, 2.75) is 6.54 Å². The molecule has 0 atom stereocenters. The van der Waals surface area contributed by atoms with Gasteiger partial charge in [-0.15, -0.1) is 0 Å². The zero-order valence-electron chi connectivity index (χ0n) is 15.2. The molecule has 2 heterocycles. The molecular weight excluding hydrogens is 389 g/mol. The van der Waals surface area contributed by atoms with Crippen LogP contribution >= 0.6 is 11.6 Å². The molecule has 3 aromatic carbocycles. The number of benzene rings is 3. The number of fused-ring (bicyclic) bond motifs is 3. The predicted octanol–water partition coefficient (Wildman–Crippen LogP) is 5.16. The van der Waals surface area contributed by atoms with Crippen molar-refractivity contribution >= 4 is 28.4 Å². The van der Waals surface area contributed by atoms with Crippen molar-refractivity contribution < 1.29 is 4.39 Å². The topological polar surface area (TPSA) is 39.3 Å². The number of para-hydroxylation sites is 2. The Labute approximate surface area is 170 Å². The molecule has 0 aliphatic heterocycles. The van der Waals surface area contributed by atoms with Gasteiger partial charge in [-0.2, -0.15) is 0 Å². The van der Waals surface area contributed by atoms with Gasteiger partial charge < -0.3 is 4.57 Å². The first kappa shape index (κ1) is 17.6. The lowest BCUT2D eigenvalue weighted by Crippen LogP contribution is -2.15. The van der Waals surface area contributed by atoms with Crippen LogP contribution in [0.3, 0.4) is 0 Å². The zero-order chi connectivity index (χ0) is 20.0. The highest BCUT2D eigenvalue weighted by Gasteiger charge is 2.16. The molecular formula is C23H15ClFN3O. The quantitative estimate of drug-likeness (QED) is 0.417. The third-order valence-electron chi connectivity index (χ3n) is 4.98. The fraction of sp³-hybridized carbons (Fsp3) is 0.0435. The molecule has 2 aromatic heterocycles. The molecule has 0 saturated carbocycles. The van der Waals surface area contributed by atoms with Crippen LogP contribution in [0.5, 0.6) is 0 Å². The Kier molecular flexibility index (Phi) is 4.18. The van der Waals surface area contributed by atoms with Crippen molar-refractivity contribution in [2.24, 2.45) is 0 Å². The maximum absolute atomic E-state index is 14.3.